The Morgan fingerprint density at radius 2 is 1.69 bits per heavy atom. The molecule has 1 unspecified atom stereocenters. The van der Waals surface area contributed by atoms with E-state index in [4.69, 9.17) is 0 Å². The van der Waals surface area contributed by atoms with E-state index >= 15 is 0 Å². The van der Waals surface area contributed by atoms with Crippen LogP contribution in [0.25, 0.3) is 11.5 Å². The number of aromatic nitrogens is 5. The van der Waals surface area contributed by atoms with E-state index in [1.165, 1.54) is 18.2 Å². The summed E-state index contributed by atoms with van der Waals surface area (Å²) in [5.74, 6) is 0.110. The minimum atomic E-state index is -4.68. The van der Waals surface area contributed by atoms with Crippen molar-refractivity contribution >= 4 is 23.3 Å². The Kier molecular flexibility index (Phi) is 5.96. The van der Waals surface area contributed by atoms with Crippen molar-refractivity contribution < 1.29 is 26.3 Å². The van der Waals surface area contributed by atoms with Crippen molar-refractivity contribution in [3.8, 4) is 11.5 Å². The molecule has 1 N–H and O–H groups in total. The zero-order valence-corrected chi connectivity index (χ0v) is 18.5. The van der Waals surface area contributed by atoms with E-state index in [2.05, 4.69) is 35.2 Å². The van der Waals surface area contributed by atoms with Gasteiger partial charge in [-0.15, -0.1) is 0 Å². The van der Waals surface area contributed by atoms with Gasteiger partial charge in [0.05, 0.1) is 6.54 Å². The highest BCUT2D eigenvalue weighted by molar-refractivity contribution is 5.99. The van der Waals surface area contributed by atoms with Gasteiger partial charge in [-0.2, -0.15) is 41.3 Å². The molecule has 1 atom stereocenters. The SMILES string of the molecule is FC(F)(F)c1cc(Nc2nc(-c3cccc(C(F)(F)F)n3)nc(N3CCCC(C4=NC4)C3)n2)ccn1. The van der Waals surface area contributed by atoms with Gasteiger partial charge in [0.15, 0.2) is 5.82 Å². The van der Waals surface area contributed by atoms with Gasteiger partial charge in [-0.05, 0) is 37.1 Å². The normalized spacial score (nSPS) is 18.1. The molecule has 2 aliphatic rings. The first-order chi connectivity index (χ1) is 17.1. The lowest BCUT2D eigenvalue weighted by molar-refractivity contribution is -0.141. The molecule has 188 valence electrons. The Morgan fingerprint density at radius 3 is 2.42 bits per heavy atom. The summed E-state index contributed by atoms with van der Waals surface area (Å²) in [6.45, 7) is 1.87. The molecule has 0 aliphatic carbocycles. The molecule has 3 aromatic rings. The molecule has 5 rings (SSSR count). The molecule has 2 aliphatic heterocycles. The number of anilines is 3. The number of hydrogen-bond donors (Lipinski definition) is 1. The van der Waals surface area contributed by atoms with Crippen molar-refractivity contribution in [1.82, 2.24) is 24.9 Å². The second-order valence-corrected chi connectivity index (χ2v) is 8.33. The van der Waals surface area contributed by atoms with E-state index in [9.17, 15) is 26.3 Å². The van der Waals surface area contributed by atoms with Crippen LogP contribution in [-0.4, -0.2) is 50.3 Å². The smallest absolute Gasteiger partial charge is 0.340 e. The zero-order valence-electron chi connectivity index (χ0n) is 18.5. The fourth-order valence-corrected chi connectivity index (χ4v) is 3.92. The number of piperidine rings is 1. The third-order valence-electron chi connectivity index (χ3n) is 5.71. The summed E-state index contributed by atoms with van der Waals surface area (Å²) in [5.41, 5.74) is -1.29. The predicted octanol–water partition coefficient (Wildman–Crippen LogP) is 4.78. The molecular weight excluding hydrogens is 490 g/mol. The fraction of sp³-hybridized carbons (Fsp3) is 0.364. The van der Waals surface area contributed by atoms with Crippen molar-refractivity contribution in [2.45, 2.75) is 25.2 Å². The van der Waals surface area contributed by atoms with Crippen molar-refractivity contribution in [2.75, 3.05) is 29.9 Å². The van der Waals surface area contributed by atoms with Crippen LogP contribution in [0.2, 0.25) is 0 Å². The van der Waals surface area contributed by atoms with Gasteiger partial charge in [-0.25, -0.2) is 4.98 Å². The van der Waals surface area contributed by atoms with Crippen LogP contribution >= 0.6 is 0 Å². The first-order valence-electron chi connectivity index (χ1n) is 11.0. The molecule has 0 saturated carbocycles. The second-order valence-electron chi connectivity index (χ2n) is 8.33. The van der Waals surface area contributed by atoms with E-state index in [0.29, 0.717) is 19.6 Å². The molecular formula is C22H18F6N8. The Bertz CT molecular complexity index is 1310. The van der Waals surface area contributed by atoms with Gasteiger partial charge in [0.2, 0.25) is 11.9 Å². The molecule has 36 heavy (non-hydrogen) atoms. The van der Waals surface area contributed by atoms with Crippen LogP contribution in [0.3, 0.4) is 0 Å². The van der Waals surface area contributed by atoms with Crippen molar-refractivity contribution in [2.24, 2.45) is 10.9 Å². The summed E-state index contributed by atoms with van der Waals surface area (Å²) >= 11 is 0. The van der Waals surface area contributed by atoms with Crippen LogP contribution in [0.1, 0.15) is 24.2 Å². The minimum Gasteiger partial charge on any atom is -0.340 e. The monoisotopic (exact) mass is 508 g/mol. The molecule has 5 heterocycles. The lowest BCUT2D eigenvalue weighted by Crippen LogP contribution is -2.38. The Morgan fingerprint density at radius 1 is 0.917 bits per heavy atom. The lowest BCUT2D eigenvalue weighted by atomic mass is 9.96. The maximum absolute atomic E-state index is 13.2. The molecule has 3 aromatic heterocycles. The Hall–Kier alpha value is -3.84. The van der Waals surface area contributed by atoms with Gasteiger partial charge in [0, 0.05) is 36.6 Å². The van der Waals surface area contributed by atoms with E-state index in [-0.39, 0.29) is 35.0 Å². The van der Waals surface area contributed by atoms with Gasteiger partial charge in [0.25, 0.3) is 0 Å². The van der Waals surface area contributed by atoms with Gasteiger partial charge < -0.3 is 10.2 Å². The number of hydrogen-bond acceptors (Lipinski definition) is 8. The molecule has 1 saturated heterocycles. The van der Waals surface area contributed by atoms with E-state index in [1.54, 1.807) is 0 Å². The lowest BCUT2D eigenvalue weighted by Gasteiger charge is -2.31. The van der Waals surface area contributed by atoms with E-state index in [1.807, 2.05) is 4.90 Å². The highest BCUT2D eigenvalue weighted by Crippen LogP contribution is 2.32. The van der Waals surface area contributed by atoms with Crippen molar-refractivity contribution in [3.63, 3.8) is 0 Å². The molecule has 1 fully saturated rings. The van der Waals surface area contributed by atoms with Crippen LogP contribution in [0.4, 0.5) is 43.9 Å². The number of nitrogens with zero attached hydrogens (tertiary/aromatic N) is 7. The highest BCUT2D eigenvalue weighted by Gasteiger charge is 2.34. The molecule has 0 aromatic carbocycles. The summed E-state index contributed by atoms with van der Waals surface area (Å²) in [6, 6.07) is 5.41. The quantitative estimate of drug-likeness (QED) is 0.496. The third-order valence-corrected chi connectivity index (χ3v) is 5.71. The Labute approximate surface area is 200 Å². The van der Waals surface area contributed by atoms with Crippen molar-refractivity contribution in [3.05, 3.63) is 47.9 Å². The number of pyridine rings is 2. The standard InChI is InChI=1S/C22H18F6N8/c23-21(24,25)16-5-1-4-14(32-16)18-33-19(31-13-6-7-29-17(9-13)22(26,27)28)35-20(34-18)36-8-2-3-12(11-36)15-10-30-15/h1,4-7,9,12H,2-3,8,10-11H2,(H,29,31,33,34,35). The first-order valence-corrected chi connectivity index (χ1v) is 11.0. The van der Waals surface area contributed by atoms with Gasteiger partial charge in [-0.3, -0.25) is 9.98 Å². The second kappa shape index (κ2) is 8.99. The number of nitrogens with one attached hydrogen (secondary N) is 1. The van der Waals surface area contributed by atoms with Gasteiger partial charge in [-0.1, -0.05) is 6.07 Å². The molecule has 8 nitrogen and oxygen atoms in total. The summed E-state index contributed by atoms with van der Waals surface area (Å²) in [6.07, 6.45) is -6.58. The molecule has 14 heteroatoms. The minimum absolute atomic E-state index is 0.00119. The molecule has 0 amide bonds. The van der Waals surface area contributed by atoms with E-state index < -0.39 is 23.7 Å². The number of halogens is 6. The average Bonchev–Trinajstić information content (AvgIpc) is 3.69. The maximum Gasteiger partial charge on any atom is 0.433 e. The van der Waals surface area contributed by atoms with Crippen LogP contribution in [0, 0.1) is 5.92 Å². The number of alkyl halides is 6. The summed E-state index contributed by atoms with van der Waals surface area (Å²) in [7, 11) is 0. The average molecular weight is 508 g/mol. The molecule has 0 spiro atoms. The van der Waals surface area contributed by atoms with Crippen LogP contribution in [0.5, 0.6) is 0 Å². The highest BCUT2D eigenvalue weighted by atomic mass is 19.4. The molecule has 0 bridgehead atoms. The number of aliphatic imine (C=N–C) groups is 1. The van der Waals surface area contributed by atoms with E-state index in [0.717, 1.165) is 36.9 Å². The van der Waals surface area contributed by atoms with Crippen LogP contribution in [-0.2, 0) is 12.4 Å². The largest absolute Gasteiger partial charge is 0.433 e. The Balaban J connectivity index is 1.53. The predicted molar refractivity (Wildman–Crippen MR) is 118 cm³/mol. The molecule has 0 radical (unpaired) electrons. The number of rotatable bonds is 5. The fourth-order valence-electron chi connectivity index (χ4n) is 3.92. The van der Waals surface area contributed by atoms with Gasteiger partial charge >= 0.3 is 12.4 Å². The summed E-state index contributed by atoms with van der Waals surface area (Å²) in [5, 5.41) is 2.69. The van der Waals surface area contributed by atoms with Crippen LogP contribution in [0.15, 0.2) is 41.5 Å². The first kappa shape index (κ1) is 23.9. The summed E-state index contributed by atoms with van der Waals surface area (Å²) in [4.78, 5) is 26.0. The topological polar surface area (TPSA) is 92.1 Å². The maximum atomic E-state index is 13.2. The summed E-state index contributed by atoms with van der Waals surface area (Å²) < 4.78 is 79.0. The zero-order chi connectivity index (χ0) is 25.5. The third kappa shape index (κ3) is 5.36. The van der Waals surface area contributed by atoms with Crippen LogP contribution < -0.4 is 10.2 Å². The van der Waals surface area contributed by atoms with Gasteiger partial charge in [0.1, 0.15) is 17.1 Å². The van der Waals surface area contributed by atoms with Crippen molar-refractivity contribution in [1.29, 1.82) is 0 Å².